The third kappa shape index (κ3) is 3.12. The van der Waals surface area contributed by atoms with E-state index in [0.717, 1.165) is 29.3 Å². The van der Waals surface area contributed by atoms with Gasteiger partial charge in [-0.3, -0.25) is 0 Å². The molecule has 3 heterocycles. The maximum Gasteiger partial charge on any atom is 0.220 e. The molecule has 2 aromatic carbocycles. The van der Waals surface area contributed by atoms with E-state index >= 15 is 0 Å². The molecule has 1 aliphatic heterocycles. The van der Waals surface area contributed by atoms with Gasteiger partial charge in [0, 0.05) is 17.8 Å². The maximum atomic E-state index is 14.7. The zero-order valence-corrected chi connectivity index (χ0v) is 15.6. The SMILES string of the molecule is COc1ccc2c(c1)C[C@@H](c1nc3cc(-c4ccnc(N)n4)c(F)cc3[nH]1)CO2. The Morgan fingerprint density at radius 3 is 2.93 bits per heavy atom. The van der Waals surface area contributed by atoms with Gasteiger partial charge in [-0.15, -0.1) is 0 Å². The topological polar surface area (TPSA) is 98.9 Å². The first-order chi connectivity index (χ1) is 14.1. The van der Waals surface area contributed by atoms with Crippen LogP contribution in [0.4, 0.5) is 10.3 Å². The minimum absolute atomic E-state index is 0.0308. The summed E-state index contributed by atoms with van der Waals surface area (Å²) < 4.78 is 25.9. The number of hydrogen-bond donors (Lipinski definition) is 2. The van der Waals surface area contributed by atoms with Crippen LogP contribution in [0.5, 0.6) is 11.5 Å². The van der Waals surface area contributed by atoms with Gasteiger partial charge in [0.05, 0.1) is 36.4 Å². The van der Waals surface area contributed by atoms with Crippen molar-refractivity contribution in [2.24, 2.45) is 0 Å². The smallest absolute Gasteiger partial charge is 0.220 e. The number of fused-ring (bicyclic) bond motifs is 2. The number of imidazole rings is 1. The van der Waals surface area contributed by atoms with E-state index in [0.29, 0.717) is 28.9 Å². The van der Waals surface area contributed by atoms with Crippen LogP contribution in [0.3, 0.4) is 0 Å². The molecule has 0 saturated carbocycles. The molecular weight excluding hydrogens is 373 g/mol. The number of rotatable bonds is 3. The largest absolute Gasteiger partial charge is 0.497 e. The number of ether oxygens (including phenoxy) is 2. The standard InChI is InChI=1S/C21H18FN5O2/c1-28-13-2-3-19-11(7-13)6-12(10-29-19)20-25-17-8-14(15(22)9-18(17)26-20)16-4-5-24-21(23)27-16/h2-5,7-9,12H,6,10H2,1H3,(H,25,26)(H2,23,24,27)/t12-/m1/s1. The van der Waals surface area contributed by atoms with Gasteiger partial charge in [-0.2, -0.15) is 0 Å². The highest BCUT2D eigenvalue weighted by molar-refractivity contribution is 5.81. The molecule has 4 aromatic rings. The highest BCUT2D eigenvalue weighted by Gasteiger charge is 2.25. The van der Waals surface area contributed by atoms with E-state index in [-0.39, 0.29) is 11.9 Å². The van der Waals surface area contributed by atoms with Gasteiger partial charge in [0.1, 0.15) is 23.1 Å². The number of benzene rings is 2. The molecule has 7 nitrogen and oxygen atoms in total. The normalized spacial score (nSPS) is 15.7. The Kier molecular flexibility index (Phi) is 4.04. The Labute approximate surface area is 165 Å². The van der Waals surface area contributed by atoms with E-state index in [4.69, 9.17) is 20.2 Å². The molecule has 0 aliphatic carbocycles. The van der Waals surface area contributed by atoms with Crippen molar-refractivity contribution in [1.29, 1.82) is 0 Å². The van der Waals surface area contributed by atoms with Gasteiger partial charge < -0.3 is 20.2 Å². The van der Waals surface area contributed by atoms with E-state index in [1.165, 1.54) is 12.3 Å². The monoisotopic (exact) mass is 391 g/mol. The van der Waals surface area contributed by atoms with Crippen LogP contribution in [0.25, 0.3) is 22.3 Å². The predicted octanol–water partition coefficient (Wildman–Crippen LogP) is 3.47. The summed E-state index contributed by atoms with van der Waals surface area (Å²) in [5.41, 5.74) is 8.73. The van der Waals surface area contributed by atoms with Gasteiger partial charge in [-0.25, -0.2) is 19.3 Å². The third-order valence-electron chi connectivity index (χ3n) is 5.10. The molecule has 0 saturated heterocycles. The maximum absolute atomic E-state index is 14.7. The number of halogens is 1. The first-order valence-corrected chi connectivity index (χ1v) is 9.18. The van der Waals surface area contributed by atoms with E-state index in [1.54, 1.807) is 19.2 Å². The Bertz CT molecular complexity index is 1220. The van der Waals surface area contributed by atoms with Crippen molar-refractivity contribution < 1.29 is 13.9 Å². The predicted molar refractivity (Wildman–Crippen MR) is 106 cm³/mol. The molecule has 146 valence electrons. The van der Waals surface area contributed by atoms with Crippen LogP contribution in [-0.2, 0) is 6.42 Å². The van der Waals surface area contributed by atoms with Gasteiger partial charge >= 0.3 is 0 Å². The summed E-state index contributed by atoms with van der Waals surface area (Å²) in [4.78, 5) is 15.9. The van der Waals surface area contributed by atoms with Crippen LogP contribution >= 0.6 is 0 Å². The van der Waals surface area contributed by atoms with Crippen molar-refractivity contribution in [3.05, 3.63) is 59.8 Å². The molecule has 0 fully saturated rings. The van der Waals surface area contributed by atoms with E-state index in [1.807, 2.05) is 18.2 Å². The molecule has 8 heteroatoms. The fraction of sp³-hybridized carbons (Fsp3) is 0.190. The quantitative estimate of drug-likeness (QED) is 0.555. The number of nitrogens with one attached hydrogen (secondary N) is 1. The molecule has 3 N–H and O–H groups in total. The zero-order valence-electron chi connectivity index (χ0n) is 15.6. The summed E-state index contributed by atoms with van der Waals surface area (Å²) in [6.45, 7) is 0.497. The van der Waals surface area contributed by atoms with Gasteiger partial charge in [0.25, 0.3) is 0 Å². The van der Waals surface area contributed by atoms with Crippen LogP contribution in [0.1, 0.15) is 17.3 Å². The molecule has 0 radical (unpaired) electrons. The first-order valence-electron chi connectivity index (χ1n) is 9.18. The van der Waals surface area contributed by atoms with Crippen molar-refractivity contribution >= 4 is 17.0 Å². The first kappa shape index (κ1) is 17.4. The molecule has 0 unspecified atom stereocenters. The molecule has 0 bridgehead atoms. The lowest BCUT2D eigenvalue weighted by molar-refractivity contribution is 0.257. The van der Waals surface area contributed by atoms with Crippen LogP contribution in [0.2, 0.25) is 0 Å². The summed E-state index contributed by atoms with van der Waals surface area (Å²) in [7, 11) is 1.64. The number of methoxy groups -OCH3 is 1. The van der Waals surface area contributed by atoms with Crippen LogP contribution in [0.15, 0.2) is 42.6 Å². The van der Waals surface area contributed by atoms with E-state index in [2.05, 4.69) is 15.0 Å². The molecule has 0 amide bonds. The minimum atomic E-state index is -0.402. The fourth-order valence-electron chi connectivity index (χ4n) is 3.64. The second kappa shape index (κ2) is 6.73. The summed E-state index contributed by atoms with van der Waals surface area (Å²) in [6.07, 6.45) is 2.26. The second-order valence-corrected chi connectivity index (χ2v) is 6.96. The zero-order chi connectivity index (χ0) is 20.0. The van der Waals surface area contributed by atoms with Gasteiger partial charge in [0.15, 0.2) is 0 Å². The molecule has 29 heavy (non-hydrogen) atoms. The Morgan fingerprint density at radius 2 is 2.10 bits per heavy atom. The van der Waals surface area contributed by atoms with Gasteiger partial charge in [-0.05, 0) is 42.3 Å². The van der Waals surface area contributed by atoms with Crippen LogP contribution in [-0.4, -0.2) is 33.7 Å². The Balaban J connectivity index is 1.50. The summed E-state index contributed by atoms with van der Waals surface area (Å²) in [5, 5.41) is 0. The van der Waals surface area contributed by atoms with Gasteiger partial charge in [-0.1, -0.05) is 0 Å². The molecule has 1 atom stereocenters. The average molecular weight is 391 g/mol. The molecular formula is C21H18FN5O2. The number of aromatic amines is 1. The number of hydrogen-bond acceptors (Lipinski definition) is 6. The molecule has 2 aromatic heterocycles. The van der Waals surface area contributed by atoms with Crippen molar-refractivity contribution in [3.63, 3.8) is 0 Å². The van der Waals surface area contributed by atoms with Crippen molar-refractivity contribution in [2.45, 2.75) is 12.3 Å². The number of aromatic nitrogens is 4. The lowest BCUT2D eigenvalue weighted by atomic mass is 9.96. The average Bonchev–Trinajstić information content (AvgIpc) is 3.15. The van der Waals surface area contributed by atoms with E-state index in [9.17, 15) is 4.39 Å². The number of anilines is 1. The van der Waals surface area contributed by atoms with Gasteiger partial charge in [0.2, 0.25) is 5.95 Å². The Hall–Kier alpha value is -3.68. The number of nitrogen functional groups attached to an aromatic ring is 1. The lowest BCUT2D eigenvalue weighted by Crippen LogP contribution is -2.20. The summed E-state index contributed by atoms with van der Waals surface area (Å²) in [5.74, 6) is 2.12. The second-order valence-electron chi connectivity index (χ2n) is 6.96. The number of nitrogens with zero attached hydrogens (tertiary/aromatic N) is 3. The highest BCUT2D eigenvalue weighted by Crippen LogP contribution is 2.35. The van der Waals surface area contributed by atoms with Crippen molar-refractivity contribution in [3.8, 4) is 22.8 Å². The van der Waals surface area contributed by atoms with E-state index < -0.39 is 5.82 Å². The summed E-state index contributed by atoms with van der Waals surface area (Å²) in [6, 6.07) is 10.5. The molecule has 0 spiro atoms. The van der Waals surface area contributed by atoms with Crippen LogP contribution < -0.4 is 15.2 Å². The highest BCUT2D eigenvalue weighted by atomic mass is 19.1. The molecule has 1 aliphatic rings. The number of H-pyrrole nitrogens is 1. The minimum Gasteiger partial charge on any atom is -0.497 e. The molecule has 5 rings (SSSR count). The third-order valence-corrected chi connectivity index (χ3v) is 5.10. The summed E-state index contributed by atoms with van der Waals surface area (Å²) >= 11 is 0. The van der Waals surface area contributed by atoms with Crippen LogP contribution in [0, 0.1) is 5.82 Å². The van der Waals surface area contributed by atoms with Crippen molar-refractivity contribution in [2.75, 3.05) is 19.5 Å². The van der Waals surface area contributed by atoms with Crippen molar-refractivity contribution in [1.82, 2.24) is 19.9 Å². The Morgan fingerprint density at radius 1 is 1.21 bits per heavy atom. The lowest BCUT2D eigenvalue weighted by Gasteiger charge is -2.24. The number of nitrogens with two attached hydrogens (primary N) is 1. The fourth-order valence-corrected chi connectivity index (χ4v) is 3.64.